The van der Waals surface area contributed by atoms with E-state index >= 15 is 0 Å². The average molecular weight is 261 g/mol. The molecule has 2 rings (SSSR count). The molecule has 0 aliphatic rings. The monoisotopic (exact) mass is 261 g/mol. The van der Waals surface area contributed by atoms with Crippen molar-refractivity contribution in [3.8, 4) is 0 Å². The summed E-state index contributed by atoms with van der Waals surface area (Å²) in [6.07, 6.45) is 6.90. The lowest BCUT2D eigenvalue weighted by molar-refractivity contribution is 0.587. The van der Waals surface area contributed by atoms with Crippen LogP contribution in [0.5, 0.6) is 0 Å². The topological polar surface area (TPSA) is 39.1 Å². The van der Waals surface area contributed by atoms with Crippen molar-refractivity contribution >= 4 is 16.1 Å². The van der Waals surface area contributed by atoms with E-state index in [0.717, 1.165) is 11.1 Å². The first-order valence-corrected chi connectivity index (χ1v) is 7.11. The zero-order valence-corrected chi connectivity index (χ0v) is 11.2. The van der Waals surface area contributed by atoms with Crippen molar-refractivity contribution in [3.63, 3.8) is 0 Å². The lowest BCUT2D eigenvalue weighted by atomic mass is 10.2. The number of benzene rings is 1. The number of aryl methyl sites for hydroxylation is 1. The van der Waals surface area contributed by atoms with Gasteiger partial charge >= 0.3 is 0 Å². The van der Waals surface area contributed by atoms with E-state index in [1.807, 2.05) is 26.0 Å². The van der Waals surface area contributed by atoms with Gasteiger partial charge in [0.05, 0.1) is 4.90 Å². The standard InChI is InChI=1S/C14H15NO2S/c1-3-4-13-9-10-15(11-13)18(16,17)14-7-5-12(2)6-8-14/h3-11H,1-2H3/b4-3+. The summed E-state index contributed by atoms with van der Waals surface area (Å²) < 4.78 is 25.8. The van der Waals surface area contributed by atoms with Crippen LogP contribution in [0.15, 0.2) is 53.7 Å². The number of rotatable bonds is 3. The molecule has 1 aromatic heterocycles. The molecule has 2 aromatic rings. The van der Waals surface area contributed by atoms with Crippen LogP contribution in [-0.4, -0.2) is 12.4 Å². The normalized spacial score (nSPS) is 12.1. The first kappa shape index (κ1) is 12.6. The molecule has 0 N–H and O–H groups in total. The van der Waals surface area contributed by atoms with Crippen molar-refractivity contribution in [1.29, 1.82) is 0 Å². The summed E-state index contributed by atoms with van der Waals surface area (Å²) in [6, 6.07) is 8.61. The van der Waals surface area contributed by atoms with Gasteiger partial charge in [-0.2, -0.15) is 0 Å². The van der Waals surface area contributed by atoms with Gasteiger partial charge in [-0.3, -0.25) is 0 Å². The fourth-order valence-electron chi connectivity index (χ4n) is 1.67. The molecule has 0 saturated heterocycles. The van der Waals surface area contributed by atoms with Gasteiger partial charge in [0.1, 0.15) is 0 Å². The van der Waals surface area contributed by atoms with Crippen LogP contribution in [0.2, 0.25) is 0 Å². The Kier molecular flexibility index (Phi) is 3.39. The van der Waals surface area contributed by atoms with Gasteiger partial charge in [-0.15, -0.1) is 0 Å². The summed E-state index contributed by atoms with van der Waals surface area (Å²) >= 11 is 0. The lowest BCUT2D eigenvalue weighted by Crippen LogP contribution is -2.10. The van der Waals surface area contributed by atoms with Gasteiger partial charge in [0.25, 0.3) is 10.0 Å². The van der Waals surface area contributed by atoms with Crippen molar-refractivity contribution < 1.29 is 8.42 Å². The van der Waals surface area contributed by atoms with Crippen LogP contribution < -0.4 is 0 Å². The Balaban J connectivity index is 2.44. The second-order valence-corrected chi connectivity index (χ2v) is 5.94. The zero-order chi connectivity index (χ0) is 13.2. The number of nitrogens with zero attached hydrogens (tertiary/aromatic N) is 1. The van der Waals surface area contributed by atoms with Crippen LogP contribution in [0.4, 0.5) is 0 Å². The molecular weight excluding hydrogens is 246 g/mol. The van der Waals surface area contributed by atoms with Gasteiger partial charge in [-0.05, 0) is 37.6 Å². The van der Waals surface area contributed by atoms with Gasteiger partial charge in [0.2, 0.25) is 0 Å². The van der Waals surface area contributed by atoms with Crippen LogP contribution in [0.3, 0.4) is 0 Å². The summed E-state index contributed by atoms with van der Waals surface area (Å²) in [6.45, 7) is 3.82. The van der Waals surface area contributed by atoms with Gasteiger partial charge in [-0.25, -0.2) is 12.4 Å². The number of aromatic nitrogens is 1. The van der Waals surface area contributed by atoms with E-state index in [4.69, 9.17) is 0 Å². The highest BCUT2D eigenvalue weighted by molar-refractivity contribution is 7.90. The van der Waals surface area contributed by atoms with Crippen LogP contribution in [0, 0.1) is 6.92 Å². The van der Waals surface area contributed by atoms with Crippen molar-refractivity contribution in [3.05, 3.63) is 59.9 Å². The van der Waals surface area contributed by atoms with Crippen LogP contribution in [-0.2, 0) is 10.0 Å². The smallest absolute Gasteiger partial charge is 0.248 e. The second-order valence-electron chi connectivity index (χ2n) is 4.09. The van der Waals surface area contributed by atoms with Gasteiger partial charge in [0, 0.05) is 12.4 Å². The summed E-state index contributed by atoms with van der Waals surface area (Å²) in [7, 11) is -3.47. The largest absolute Gasteiger partial charge is 0.267 e. The quantitative estimate of drug-likeness (QED) is 0.851. The molecule has 0 spiro atoms. The van der Waals surface area contributed by atoms with Crippen LogP contribution in [0.1, 0.15) is 18.1 Å². The Labute approximate surface area is 107 Å². The third-order valence-electron chi connectivity index (χ3n) is 2.65. The molecule has 0 aliphatic heterocycles. The van der Waals surface area contributed by atoms with Crippen molar-refractivity contribution in [2.45, 2.75) is 18.7 Å². The molecule has 0 fully saturated rings. The first-order valence-electron chi connectivity index (χ1n) is 5.67. The third-order valence-corrected chi connectivity index (χ3v) is 4.30. The second kappa shape index (κ2) is 4.82. The summed E-state index contributed by atoms with van der Waals surface area (Å²) in [5.41, 5.74) is 1.91. The van der Waals surface area contributed by atoms with Crippen molar-refractivity contribution in [1.82, 2.24) is 3.97 Å². The van der Waals surface area contributed by atoms with E-state index in [-0.39, 0.29) is 0 Å². The van der Waals surface area contributed by atoms with E-state index < -0.39 is 10.0 Å². The molecule has 0 unspecified atom stereocenters. The number of allylic oxidation sites excluding steroid dienone is 1. The van der Waals surface area contributed by atoms with E-state index in [1.165, 1.54) is 3.97 Å². The molecule has 0 radical (unpaired) electrons. The molecule has 1 aromatic carbocycles. The summed E-state index contributed by atoms with van der Waals surface area (Å²) in [5.74, 6) is 0. The predicted octanol–water partition coefficient (Wildman–Crippen LogP) is 3.07. The Morgan fingerprint density at radius 2 is 1.78 bits per heavy atom. The Morgan fingerprint density at radius 3 is 2.39 bits per heavy atom. The Bertz CT molecular complexity index is 664. The molecule has 3 nitrogen and oxygen atoms in total. The van der Waals surface area contributed by atoms with Crippen LogP contribution >= 0.6 is 0 Å². The molecule has 94 valence electrons. The third kappa shape index (κ3) is 2.38. The molecule has 0 atom stereocenters. The fourth-order valence-corrected chi connectivity index (χ4v) is 2.87. The van der Waals surface area contributed by atoms with Gasteiger partial charge < -0.3 is 0 Å². The SMILES string of the molecule is C/C=C/c1ccn(S(=O)(=O)c2ccc(C)cc2)c1. The molecule has 0 aliphatic carbocycles. The van der Waals surface area contributed by atoms with Crippen molar-refractivity contribution in [2.24, 2.45) is 0 Å². The van der Waals surface area contributed by atoms with Crippen LogP contribution in [0.25, 0.3) is 6.08 Å². The molecular formula is C14H15NO2S. The molecule has 0 amide bonds. The maximum absolute atomic E-state index is 12.3. The molecule has 0 saturated carbocycles. The van der Waals surface area contributed by atoms with Gasteiger partial charge in [0.15, 0.2) is 0 Å². The Morgan fingerprint density at radius 1 is 1.11 bits per heavy atom. The summed E-state index contributed by atoms with van der Waals surface area (Å²) in [5, 5.41) is 0. The highest BCUT2D eigenvalue weighted by atomic mass is 32.2. The maximum atomic E-state index is 12.3. The van der Waals surface area contributed by atoms with E-state index in [9.17, 15) is 8.42 Å². The summed E-state index contributed by atoms with van der Waals surface area (Å²) in [4.78, 5) is 0.302. The highest BCUT2D eigenvalue weighted by Gasteiger charge is 2.15. The van der Waals surface area contributed by atoms with Gasteiger partial charge in [-0.1, -0.05) is 29.8 Å². The van der Waals surface area contributed by atoms with E-state index in [0.29, 0.717) is 4.90 Å². The molecule has 4 heteroatoms. The van der Waals surface area contributed by atoms with E-state index in [1.54, 1.807) is 42.7 Å². The Hall–Kier alpha value is -1.81. The molecule has 0 bridgehead atoms. The lowest BCUT2D eigenvalue weighted by Gasteiger charge is -2.05. The highest BCUT2D eigenvalue weighted by Crippen LogP contribution is 2.16. The average Bonchev–Trinajstić information content (AvgIpc) is 2.79. The minimum atomic E-state index is -3.47. The van der Waals surface area contributed by atoms with E-state index in [2.05, 4.69) is 0 Å². The number of hydrogen-bond acceptors (Lipinski definition) is 2. The minimum Gasteiger partial charge on any atom is -0.248 e. The number of hydrogen-bond donors (Lipinski definition) is 0. The van der Waals surface area contributed by atoms with Crippen molar-refractivity contribution in [2.75, 3.05) is 0 Å². The predicted molar refractivity (Wildman–Crippen MR) is 72.9 cm³/mol. The fraction of sp³-hybridized carbons (Fsp3) is 0.143. The zero-order valence-electron chi connectivity index (χ0n) is 10.4. The maximum Gasteiger partial charge on any atom is 0.267 e. The first-order chi connectivity index (χ1) is 8.54. The molecule has 18 heavy (non-hydrogen) atoms. The molecule has 1 heterocycles. The minimum absolute atomic E-state index is 0.302.